The molecule has 0 spiro atoms. The van der Waals surface area contributed by atoms with Crippen LogP contribution in [0.4, 0.5) is 5.69 Å². The Hall–Kier alpha value is -2.60. The van der Waals surface area contributed by atoms with E-state index in [0.717, 1.165) is 24.1 Å². The first-order chi connectivity index (χ1) is 11.1. The summed E-state index contributed by atoms with van der Waals surface area (Å²) >= 11 is 1.37. The molecule has 0 unspecified atom stereocenters. The minimum atomic E-state index is -0.209. The molecule has 118 valence electrons. The molecule has 0 radical (unpaired) electrons. The van der Waals surface area contributed by atoms with E-state index < -0.39 is 0 Å². The van der Waals surface area contributed by atoms with E-state index in [1.807, 2.05) is 35.7 Å². The third-order valence-electron chi connectivity index (χ3n) is 3.50. The van der Waals surface area contributed by atoms with Crippen molar-refractivity contribution in [1.82, 2.24) is 10.9 Å². The van der Waals surface area contributed by atoms with Gasteiger partial charge in [-0.25, -0.2) is 0 Å². The average Bonchev–Trinajstić information content (AvgIpc) is 3.27. The van der Waals surface area contributed by atoms with Crippen LogP contribution in [0.25, 0.3) is 5.70 Å². The van der Waals surface area contributed by atoms with E-state index in [0.29, 0.717) is 10.6 Å². The lowest BCUT2D eigenvalue weighted by Crippen LogP contribution is -2.35. The molecule has 1 aliphatic rings. The van der Waals surface area contributed by atoms with Gasteiger partial charge in [0.2, 0.25) is 5.91 Å². The number of hydrazine groups is 1. The number of thiophene rings is 1. The van der Waals surface area contributed by atoms with Crippen LogP contribution in [0, 0.1) is 5.92 Å². The number of hydrogen-bond acceptors (Lipinski definition) is 4. The summed E-state index contributed by atoms with van der Waals surface area (Å²) in [6.07, 6.45) is 1.93. The van der Waals surface area contributed by atoms with Gasteiger partial charge in [0.25, 0.3) is 5.91 Å². The lowest BCUT2D eigenvalue weighted by molar-refractivity contribution is -0.117. The van der Waals surface area contributed by atoms with Crippen molar-refractivity contribution in [2.75, 3.05) is 5.32 Å². The van der Waals surface area contributed by atoms with Gasteiger partial charge in [0.15, 0.2) is 0 Å². The second kappa shape index (κ2) is 6.66. The van der Waals surface area contributed by atoms with Gasteiger partial charge in [-0.05, 0) is 36.4 Å². The van der Waals surface area contributed by atoms with Crippen molar-refractivity contribution in [1.29, 1.82) is 0 Å². The minimum Gasteiger partial charge on any atom is -0.326 e. The molecule has 2 aromatic rings. The van der Waals surface area contributed by atoms with E-state index >= 15 is 0 Å². The molecule has 3 rings (SSSR count). The molecule has 1 aromatic carbocycles. The number of carbonyl (C=O) groups is 2. The monoisotopic (exact) mass is 327 g/mol. The Labute approximate surface area is 138 Å². The molecule has 2 amide bonds. The molecular formula is C17H17N3O2S. The van der Waals surface area contributed by atoms with E-state index in [2.05, 4.69) is 22.7 Å². The molecule has 1 aliphatic carbocycles. The van der Waals surface area contributed by atoms with Gasteiger partial charge in [0.1, 0.15) is 0 Å². The highest BCUT2D eigenvalue weighted by Gasteiger charge is 2.29. The van der Waals surface area contributed by atoms with Crippen LogP contribution in [0.15, 0.2) is 48.4 Å². The molecular weight excluding hydrogens is 310 g/mol. The molecule has 3 N–H and O–H groups in total. The third-order valence-corrected chi connectivity index (χ3v) is 4.37. The Balaban J connectivity index is 1.58. The Bertz CT molecular complexity index is 736. The van der Waals surface area contributed by atoms with Crippen molar-refractivity contribution in [3.8, 4) is 0 Å². The number of amides is 2. The van der Waals surface area contributed by atoms with Crippen LogP contribution in [0.5, 0.6) is 0 Å². The van der Waals surface area contributed by atoms with Crippen LogP contribution in [-0.2, 0) is 4.79 Å². The summed E-state index contributed by atoms with van der Waals surface area (Å²) in [5.74, 6) is 0.0103. The summed E-state index contributed by atoms with van der Waals surface area (Å²) in [7, 11) is 0. The van der Waals surface area contributed by atoms with Crippen LogP contribution < -0.4 is 16.2 Å². The Morgan fingerprint density at radius 2 is 1.96 bits per heavy atom. The van der Waals surface area contributed by atoms with E-state index in [1.54, 1.807) is 6.07 Å². The van der Waals surface area contributed by atoms with Gasteiger partial charge in [-0.15, -0.1) is 11.3 Å². The highest BCUT2D eigenvalue weighted by molar-refractivity contribution is 7.12. The van der Waals surface area contributed by atoms with E-state index in [1.165, 1.54) is 11.3 Å². The molecule has 5 nitrogen and oxygen atoms in total. The van der Waals surface area contributed by atoms with Gasteiger partial charge in [-0.3, -0.25) is 20.4 Å². The maximum absolute atomic E-state index is 11.9. The molecule has 0 saturated heterocycles. The predicted molar refractivity (Wildman–Crippen MR) is 91.8 cm³/mol. The third kappa shape index (κ3) is 3.98. The first-order valence-corrected chi connectivity index (χ1v) is 8.21. The highest BCUT2D eigenvalue weighted by atomic mass is 32.1. The fraction of sp³-hybridized carbons (Fsp3) is 0.176. The zero-order valence-corrected chi connectivity index (χ0v) is 13.3. The molecule has 0 atom stereocenters. The summed E-state index contributed by atoms with van der Waals surface area (Å²) in [6.45, 7) is 3.91. The summed E-state index contributed by atoms with van der Waals surface area (Å²) in [6, 6.07) is 10.9. The average molecular weight is 327 g/mol. The van der Waals surface area contributed by atoms with Crippen LogP contribution in [0.2, 0.25) is 0 Å². The minimum absolute atomic E-state index is 0.0618. The number of benzene rings is 1. The number of carbonyl (C=O) groups excluding carboxylic acids is 2. The Morgan fingerprint density at radius 1 is 1.13 bits per heavy atom. The number of nitrogens with one attached hydrogen (secondary N) is 3. The molecule has 1 saturated carbocycles. The Morgan fingerprint density at radius 3 is 2.65 bits per heavy atom. The van der Waals surface area contributed by atoms with Gasteiger partial charge < -0.3 is 5.32 Å². The predicted octanol–water partition coefficient (Wildman–Crippen LogP) is 3.00. The number of rotatable bonds is 6. The van der Waals surface area contributed by atoms with Crippen molar-refractivity contribution in [3.63, 3.8) is 0 Å². The smallest absolute Gasteiger partial charge is 0.279 e. The molecule has 0 bridgehead atoms. The zero-order valence-electron chi connectivity index (χ0n) is 12.5. The summed E-state index contributed by atoms with van der Waals surface area (Å²) in [5.41, 5.74) is 7.49. The van der Waals surface area contributed by atoms with Crippen LogP contribution >= 0.6 is 11.3 Å². The summed E-state index contributed by atoms with van der Waals surface area (Å²) in [5, 5.41) is 4.74. The molecule has 6 heteroatoms. The maximum atomic E-state index is 11.9. The van der Waals surface area contributed by atoms with Gasteiger partial charge >= 0.3 is 0 Å². The molecule has 1 aromatic heterocycles. The standard InChI is InChI=1S/C17H17N3O2S/c1-11(19-20-17(22)15-6-3-9-23-15)13-4-2-5-14(10-13)18-16(21)12-7-8-12/h2-6,9-10,12,19H,1,7-8H2,(H,18,21)(H,20,22). The van der Waals surface area contributed by atoms with Crippen LogP contribution in [0.1, 0.15) is 28.1 Å². The maximum Gasteiger partial charge on any atom is 0.279 e. The second-order valence-electron chi connectivity index (χ2n) is 5.38. The van der Waals surface area contributed by atoms with E-state index in [4.69, 9.17) is 0 Å². The van der Waals surface area contributed by atoms with Gasteiger partial charge in [0, 0.05) is 17.2 Å². The molecule has 1 heterocycles. The number of hydrogen-bond donors (Lipinski definition) is 3. The summed E-state index contributed by atoms with van der Waals surface area (Å²) < 4.78 is 0. The fourth-order valence-corrected chi connectivity index (χ4v) is 2.67. The largest absolute Gasteiger partial charge is 0.326 e. The lowest BCUT2D eigenvalue weighted by Gasteiger charge is -2.12. The molecule has 1 fully saturated rings. The van der Waals surface area contributed by atoms with Crippen LogP contribution in [0.3, 0.4) is 0 Å². The highest BCUT2D eigenvalue weighted by Crippen LogP contribution is 2.30. The summed E-state index contributed by atoms with van der Waals surface area (Å²) in [4.78, 5) is 24.3. The van der Waals surface area contributed by atoms with Crippen molar-refractivity contribution >= 4 is 34.5 Å². The van der Waals surface area contributed by atoms with Crippen molar-refractivity contribution in [2.24, 2.45) is 5.92 Å². The van der Waals surface area contributed by atoms with Crippen molar-refractivity contribution in [3.05, 3.63) is 58.8 Å². The van der Waals surface area contributed by atoms with E-state index in [9.17, 15) is 9.59 Å². The van der Waals surface area contributed by atoms with Gasteiger partial charge in [-0.1, -0.05) is 24.8 Å². The quantitative estimate of drug-likeness (QED) is 0.714. The zero-order chi connectivity index (χ0) is 16.2. The van der Waals surface area contributed by atoms with Gasteiger partial charge in [0.05, 0.1) is 10.6 Å². The molecule has 23 heavy (non-hydrogen) atoms. The number of anilines is 1. The molecule has 0 aliphatic heterocycles. The van der Waals surface area contributed by atoms with E-state index in [-0.39, 0.29) is 17.7 Å². The normalized spacial score (nSPS) is 13.2. The van der Waals surface area contributed by atoms with Crippen molar-refractivity contribution < 1.29 is 9.59 Å². The van der Waals surface area contributed by atoms with Crippen LogP contribution in [-0.4, -0.2) is 11.8 Å². The second-order valence-corrected chi connectivity index (χ2v) is 6.33. The van der Waals surface area contributed by atoms with Crippen molar-refractivity contribution in [2.45, 2.75) is 12.8 Å². The topological polar surface area (TPSA) is 70.2 Å². The SMILES string of the molecule is C=C(NNC(=O)c1cccs1)c1cccc(NC(=O)C2CC2)c1. The lowest BCUT2D eigenvalue weighted by atomic mass is 10.1. The fourth-order valence-electron chi connectivity index (χ4n) is 2.05. The van der Waals surface area contributed by atoms with Gasteiger partial charge in [-0.2, -0.15) is 0 Å². The first-order valence-electron chi connectivity index (χ1n) is 7.33. The Kier molecular flexibility index (Phi) is 4.43. The first kappa shape index (κ1) is 15.3.